The first-order chi connectivity index (χ1) is 16.1. The van der Waals surface area contributed by atoms with Gasteiger partial charge in [0, 0.05) is 17.3 Å². The zero-order valence-electron chi connectivity index (χ0n) is 19.8. The summed E-state index contributed by atoms with van der Waals surface area (Å²) in [5.74, 6) is 1.46. The Morgan fingerprint density at radius 3 is 2.50 bits per heavy atom. The first-order valence-corrected chi connectivity index (χ1v) is 11.8. The molecule has 0 unspecified atom stereocenters. The van der Waals surface area contributed by atoms with Gasteiger partial charge in [0.25, 0.3) is 0 Å². The number of nitrogens with two attached hydrogens (primary N) is 1. The van der Waals surface area contributed by atoms with Crippen LogP contribution in [0.1, 0.15) is 64.5 Å². The largest absolute Gasteiger partial charge is 0.416 e. The highest BCUT2D eigenvalue weighted by Gasteiger charge is 2.31. The van der Waals surface area contributed by atoms with E-state index in [9.17, 15) is 13.2 Å². The molecule has 1 saturated carbocycles. The first kappa shape index (κ1) is 24.3. The van der Waals surface area contributed by atoms with Gasteiger partial charge in [0.2, 0.25) is 11.9 Å². The van der Waals surface area contributed by atoms with Crippen LogP contribution in [-0.4, -0.2) is 31.6 Å². The molecule has 1 fully saturated rings. The van der Waals surface area contributed by atoms with Crippen LogP contribution in [0.2, 0.25) is 0 Å². The van der Waals surface area contributed by atoms with Crippen molar-refractivity contribution >= 4 is 28.7 Å². The second-order valence-electron chi connectivity index (χ2n) is 9.68. The van der Waals surface area contributed by atoms with E-state index in [4.69, 9.17) is 10.7 Å². The van der Waals surface area contributed by atoms with E-state index in [1.165, 1.54) is 6.07 Å². The van der Waals surface area contributed by atoms with Gasteiger partial charge in [-0.2, -0.15) is 18.2 Å². The van der Waals surface area contributed by atoms with E-state index in [0.29, 0.717) is 41.2 Å². The van der Waals surface area contributed by atoms with Crippen molar-refractivity contribution in [2.75, 3.05) is 17.2 Å². The summed E-state index contributed by atoms with van der Waals surface area (Å²) >= 11 is 0. The fraction of sp³-hybridized carbons (Fsp3) is 0.542. The lowest BCUT2D eigenvalue weighted by atomic mass is 9.86. The topological polar surface area (TPSA) is 93.7 Å². The second kappa shape index (κ2) is 9.40. The number of nitrogens with one attached hydrogen (secondary N) is 2. The number of aromatic nitrogens is 4. The minimum atomic E-state index is -4.42. The zero-order valence-corrected chi connectivity index (χ0v) is 19.8. The molecule has 0 aliphatic heterocycles. The van der Waals surface area contributed by atoms with Gasteiger partial charge in [0.05, 0.1) is 11.8 Å². The molecule has 7 nitrogen and oxygen atoms in total. The molecular formula is C24H32F3N7. The Morgan fingerprint density at radius 2 is 1.85 bits per heavy atom. The number of nitrogens with zero attached hydrogens (tertiary/aromatic N) is 4. The quantitative estimate of drug-likeness (QED) is 0.395. The monoisotopic (exact) mass is 475 g/mol. The Kier molecular flexibility index (Phi) is 6.71. The summed E-state index contributed by atoms with van der Waals surface area (Å²) in [7, 11) is 0. The highest BCUT2D eigenvalue weighted by Crippen LogP contribution is 2.37. The molecule has 1 aliphatic rings. The van der Waals surface area contributed by atoms with Crippen LogP contribution in [-0.2, 0) is 6.18 Å². The van der Waals surface area contributed by atoms with E-state index in [2.05, 4.69) is 41.4 Å². The lowest BCUT2D eigenvalue weighted by Crippen LogP contribution is -2.30. The molecule has 4 N–H and O–H groups in total. The molecule has 1 aliphatic carbocycles. The van der Waals surface area contributed by atoms with Crippen LogP contribution in [0.15, 0.2) is 30.5 Å². The summed E-state index contributed by atoms with van der Waals surface area (Å²) in [6, 6.07) is 5.26. The fourth-order valence-electron chi connectivity index (χ4n) is 4.32. The predicted octanol–water partition coefficient (Wildman–Crippen LogP) is 5.88. The molecule has 1 aromatic carbocycles. The zero-order chi connectivity index (χ0) is 24.5. The van der Waals surface area contributed by atoms with Crippen molar-refractivity contribution < 1.29 is 13.2 Å². The number of benzene rings is 1. The van der Waals surface area contributed by atoms with E-state index in [0.717, 1.165) is 44.2 Å². The molecule has 0 atom stereocenters. The number of anilines is 3. The SMILES string of the molecule is CCC(C)(C)Nc1ncc2nc(Nc3cccc(C(F)(F)F)c3)n(C3CCC(CN)CC3)c2n1. The molecule has 0 amide bonds. The van der Waals surface area contributed by atoms with Crippen molar-refractivity contribution in [3.05, 3.63) is 36.0 Å². The van der Waals surface area contributed by atoms with Gasteiger partial charge < -0.3 is 16.4 Å². The van der Waals surface area contributed by atoms with E-state index in [1.807, 2.05) is 4.57 Å². The van der Waals surface area contributed by atoms with Crippen LogP contribution in [0.5, 0.6) is 0 Å². The van der Waals surface area contributed by atoms with Gasteiger partial charge in [0.1, 0.15) is 5.52 Å². The average molecular weight is 476 g/mol. The number of hydrogen-bond acceptors (Lipinski definition) is 6. The molecule has 10 heteroatoms. The Morgan fingerprint density at radius 1 is 1.12 bits per heavy atom. The van der Waals surface area contributed by atoms with Crippen LogP contribution < -0.4 is 16.4 Å². The van der Waals surface area contributed by atoms with Crippen molar-refractivity contribution in [1.29, 1.82) is 0 Å². The van der Waals surface area contributed by atoms with Gasteiger partial charge in [-0.3, -0.25) is 4.57 Å². The molecule has 184 valence electrons. The van der Waals surface area contributed by atoms with E-state index < -0.39 is 11.7 Å². The molecule has 4 rings (SSSR count). The molecule has 2 aromatic heterocycles. The highest BCUT2D eigenvalue weighted by molar-refractivity contribution is 5.76. The van der Waals surface area contributed by atoms with Crippen LogP contribution in [0, 0.1) is 5.92 Å². The van der Waals surface area contributed by atoms with Gasteiger partial charge in [-0.25, -0.2) is 9.97 Å². The summed E-state index contributed by atoms with van der Waals surface area (Å²) in [6.07, 6.45) is 1.91. The minimum absolute atomic E-state index is 0.114. The lowest BCUT2D eigenvalue weighted by Gasteiger charge is -2.30. The third-order valence-corrected chi connectivity index (χ3v) is 6.73. The van der Waals surface area contributed by atoms with Gasteiger partial charge in [-0.15, -0.1) is 0 Å². The number of alkyl halides is 3. The maximum Gasteiger partial charge on any atom is 0.416 e. The summed E-state index contributed by atoms with van der Waals surface area (Å²) in [5, 5.41) is 6.48. The molecule has 34 heavy (non-hydrogen) atoms. The number of imidazole rings is 1. The van der Waals surface area contributed by atoms with Crippen molar-refractivity contribution in [1.82, 2.24) is 19.5 Å². The number of fused-ring (bicyclic) bond motifs is 1. The number of halogens is 3. The van der Waals surface area contributed by atoms with Crippen molar-refractivity contribution in [3.63, 3.8) is 0 Å². The number of rotatable bonds is 7. The summed E-state index contributed by atoms with van der Waals surface area (Å²) in [4.78, 5) is 13.9. The summed E-state index contributed by atoms with van der Waals surface area (Å²) in [6.45, 7) is 6.90. The standard InChI is InChI=1S/C24H32F3N7/c1-4-23(2,3)33-21-29-14-19-20(32-21)34(18-10-8-15(13-28)9-11-18)22(31-19)30-17-7-5-6-16(12-17)24(25,26)27/h5-7,12,14-15,18H,4,8-11,13,28H2,1-3H3,(H,30,31)(H,29,32,33). The lowest BCUT2D eigenvalue weighted by molar-refractivity contribution is -0.137. The van der Waals surface area contributed by atoms with E-state index in [1.54, 1.807) is 12.3 Å². The Hall–Kier alpha value is -2.88. The third-order valence-electron chi connectivity index (χ3n) is 6.73. The van der Waals surface area contributed by atoms with Gasteiger partial charge >= 0.3 is 6.18 Å². The van der Waals surface area contributed by atoms with Crippen LogP contribution in [0.25, 0.3) is 11.2 Å². The maximum absolute atomic E-state index is 13.2. The van der Waals surface area contributed by atoms with Crippen molar-refractivity contribution in [3.8, 4) is 0 Å². The molecule has 0 spiro atoms. The normalized spacial score (nSPS) is 19.4. The third kappa shape index (κ3) is 5.27. The maximum atomic E-state index is 13.2. The average Bonchev–Trinajstić information content (AvgIpc) is 3.15. The van der Waals surface area contributed by atoms with E-state index in [-0.39, 0.29) is 11.6 Å². The van der Waals surface area contributed by atoms with Gasteiger partial charge in [-0.05, 0) is 76.6 Å². The van der Waals surface area contributed by atoms with Crippen LogP contribution in [0.4, 0.5) is 30.8 Å². The Bertz CT molecular complexity index is 1130. The smallest absolute Gasteiger partial charge is 0.349 e. The Labute approximate surface area is 197 Å². The van der Waals surface area contributed by atoms with Crippen LogP contribution >= 0.6 is 0 Å². The van der Waals surface area contributed by atoms with Crippen molar-refractivity contribution in [2.24, 2.45) is 11.7 Å². The van der Waals surface area contributed by atoms with Gasteiger partial charge in [0.15, 0.2) is 5.65 Å². The van der Waals surface area contributed by atoms with Crippen molar-refractivity contribution in [2.45, 2.75) is 70.6 Å². The van der Waals surface area contributed by atoms with E-state index >= 15 is 0 Å². The molecule has 0 saturated heterocycles. The summed E-state index contributed by atoms with van der Waals surface area (Å²) in [5.41, 5.74) is 6.56. The molecule has 0 radical (unpaired) electrons. The highest BCUT2D eigenvalue weighted by atomic mass is 19.4. The van der Waals surface area contributed by atoms with Crippen LogP contribution in [0.3, 0.4) is 0 Å². The predicted molar refractivity (Wildman–Crippen MR) is 128 cm³/mol. The molecule has 3 aromatic rings. The Balaban J connectivity index is 1.74. The summed E-state index contributed by atoms with van der Waals surface area (Å²) < 4.78 is 41.7. The minimum Gasteiger partial charge on any atom is -0.349 e. The molecular weight excluding hydrogens is 443 g/mol. The second-order valence-corrected chi connectivity index (χ2v) is 9.68. The van der Waals surface area contributed by atoms with Gasteiger partial charge in [-0.1, -0.05) is 13.0 Å². The number of hydrogen-bond donors (Lipinski definition) is 3. The first-order valence-electron chi connectivity index (χ1n) is 11.8. The molecule has 2 heterocycles. The fourth-order valence-corrected chi connectivity index (χ4v) is 4.32. The molecule has 0 bridgehead atoms.